The molecule has 0 radical (unpaired) electrons. The Bertz CT molecular complexity index is 641. The van der Waals surface area contributed by atoms with Crippen molar-refractivity contribution in [2.45, 2.75) is 51.6 Å². The summed E-state index contributed by atoms with van der Waals surface area (Å²) in [6.07, 6.45) is 4.76. The first kappa shape index (κ1) is 19.7. The Morgan fingerprint density at radius 1 is 1.15 bits per heavy atom. The molecule has 2 fully saturated rings. The van der Waals surface area contributed by atoms with Crippen molar-refractivity contribution in [3.05, 3.63) is 29.8 Å². The lowest BCUT2D eigenvalue weighted by Gasteiger charge is -2.36. The van der Waals surface area contributed by atoms with Crippen LogP contribution < -0.4 is 10.1 Å². The summed E-state index contributed by atoms with van der Waals surface area (Å²) in [7, 11) is 0. The van der Waals surface area contributed by atoms with Gasteiger partial charge in [-0.15, -0.1) is 0 Å². The average Bonchev–Trinajstić information content (AvgIpc) is 2.96. The number of benzene rings is 1. The van der Waals surface area contributed by atoms with Gasteiger partial charge in [0.2, 0.25) is 11.8 Å². The summed E-state index contributed by atoms with van der Waals surface area (Å²) in [6, 6.07) is 7.52. The lowest BCUT2D eigenvalue weighted by Crippen LogP contribution is -2.56. The molecule has 1 N–H and O–H groups in total. The molecule has 2 saturated heterocycles. The average molecular weight is 373 g/mol. The van der Waals surface area contributed by atoms with Gasteiger partial charge in [0.1, 0.15) is 5.75 Å². The molecule has 3 rings (SSSR count). The SMILES string of the molecule is CCOc1ccccc1CN1CCNC(=O)C1CC(=O)N1CCCCCC1. The molecule has 0 spiro atoms. The van der Waals surface area contributed by atoms with Gasteiger partial charge in [0, 0.05) is 38.3 Å². The van der Waals surface area contributed by atoms with Crippen molar-refractivity contribution in [2.75, 3.05) is 32.8 Å². The molecule has 1 atom stereocenters. The maximum Gasteiger partial charge on any atom is 0.237 e. The van der Waals surface area contributed by atoms with Gasteiger partial charge in [-0.25, -0.2) is 0 Å². The van der Waals surface area contributed by atoms with E-state index >= 15 is 0 Å². The molecular formula is C21H31N3O3. The zero-order valence-corrected chi connectivity index (χ0v) is 16.3. The van der Waals surface area contributed by atoms with Crippen LogP contribution in [0.3, 0.4) is 0 Å². The zero-order valence-electron chi connectivity index (χ0n) is 16.3. The summed E-state index contributed by atoms with van der Waals surface area (Å²) in [5.41, 5.74) is 1.06. The summed E-state index contributed by atoms with van der Waals surface area (Å²) < 4.78 is 5.73. The number of likely N-dealkylation sites (tertiary alicyclic amines) is 1. The molecule has 2 heterocycles. The van der Waals surface area contributed by atoms with Crippen LogP contribution in [-0.2, 0) is 16.1 Å². The molecule has 6 heteroatoms. The second kappa shape index (κ2) is 9.74. The summed E-state index contributed by atoms with van der Waals surface area (Å²) in [6.45, 7) is 6.18. The van der Waals surface area contributed by atoms with Crippen LogP contribution in [0.5, 0.6) is 5.75 Å². The monoisotopic (exact) mass is 373 g/mol. The van der Waals surface area contributed by atoms with Crippen LogP contribution in [-0.4, -0.2) is 60.4 Å². The van der Waals surface area contributed by atoms with Crippen molar-refractivity contribution in [1.82, 2.24) is 15.1 Å². The van der Waals surface area contributed by atoms with Gasteiger partial charge in [-0.2, -0.15) is 0 Å². The Kier molecular flexibility index (Phi) is 7.10. The molecule has 2 aliphatic rings. The molecule has 1 aromatic rings. The molecule has 27 heavy (non-hydrogen) atoms. The van der Waals surface area contributed by atoms with Crippen LogP contribution in [0.25, 0.3) is 0 Å². The van der Waals surface area contributed by atoms with Crippen molar-refractivity contribution < 1.29 is 14.3 Å². The first-order valence-corrected chi connectivity index (χ1v) is 10.2. The van der Waals surface area contributed by atoms with Crippen LogP contribution in [0.4, 0.5) is 0 Å². The van der Waals surface area contributed by atoms with Crippen molar-refractivity contribution >= 4 is 11.8 Å². The van der Waals surface area contributed by atoms with E-state index in [1.165, 1.54) is 12.8 Å². The van der Waals surface area contributed by atoms with Crippen LogP contribution in [0.2, 0.25) is 0 Å². The van der Waals surface area contributed by atoms with Crippen LogP contribution in [0.15, 0.2) is 24.3 Å². The van der Waals surface area contributed by atoms with Crippen molar-refractivity contribution in [2.24, 2.45) is 0 Å². The van der Waals surface area contributed by atoms with Gasteiger partial charge in [0.25, 0.3) is 0 Å². The summed E-state index contributed by atoms with van der Waals surface area (Å²) in [5.74, 6) is 0.906. The molecule has 2 amide bonds. The first-order valence-electron chi connectivity index (χ1n) is 10.2. The molecule has 0 aliphatic carbocycles. The highest BCUT2D eigenvalue weighted by Crippen LogP contribution is 2.23. The Hall–Kier alpha value is -2.08. The van der Waals surface area contributed by atoms with Crippen LogP contribution in [0.1, 0.15) is 44.6 Å². The van der Waals surface area contributed by atoms with Gasteiger partial charge in [0.05, 0.1) is 19.1 Å². The molecule has 6 nitrogen and oxygen atoms in total. The predicted molar refractivity (Wildman–Crippen MR) is 104 cm³/mol. The number of ether oxygens (including phenoxy) is 1. The van der Waals surface area contributed by atoms with Gasteiger partial charge in [-0.05, 0) is 25.8 Å². The lowest BCUT2D eigenvalue weighted by molar-refractivity contribution is -0.139. The fourth-order valence-corrected chi connectivity index (χ4v) is 3.94. The highest BCUT2D eigenvalue weighted by atomic mass is 16.5. The van der Waals surface area contributed by atoms with Crippen molar-refractivity contribution in [3.63, 3.8) is 0 Å². The minimum atomic E-state index is -0.413. The molecule has 2 aliphatic heterocycles. The number of piperazine rings is 1. The molecule has 148 valence electrons. The highest BCUT2D eigenvalue weighted by molar-refractivity contribution is 5.88. The minimum Gasteiger partial charge on any atom is -0.494 e. The topological polar surface area (TPSA) is 61.9 Å². The number of rotatable bonds is 6. The number of carbonyl (C=O) groups is 2. The third-order valence-corrected chi connectivity index (χ3v) is 5.41. The minimum absolute atomic E-state index is 0.0432. The van der Waals surface area contributed by atoms with E-state index in [0.29, 0.717) is 19.7 Å². The number of hydrogen-bond acceptors (Lipinski definition) is 4. The number of nitrogens with zero attached hydrogens (tertiary/aromatic N) is 2. The van der Waals surface area contributed by atoms with Gasteiger partial charge < -0.3 is 15.0 Å². The molecule has 0 aromatic heterocycles. The van der Waals surface area contributed by atoms with Gasteiger partial charge >= 0.3 is 0 Å². The van der Waals surface area contributed by atoms with Crippen LogP contribution in [0, 0.1) is 0 Å². The van der Waals surface area contributed by atoms with E-state index in [1.807, 2.05) is 36.1 Å². The molecule has 1 aromatic carbocycles. The Morgan fingerprint density at radius 2 is 1.89 bits per heavy atom. The maximum absolute atomic E-state index is 12.8. The Balaban J connectivity index is 1.69. The van der Waals surface area contributed by atoms with Gasteiger partial charge in [0.15, 0.2) is 0 Å². The third kappa shape index (κ3) is 5.22. The Labute approximate surface area is 161 Å². The highest BCUT2D eigenvalue weighted by Gasteiger charge is 2.33. The number of nitrogens with one attached hydrogen (secondary N) is 1. The zero-order chi connectivity index (χ0) is 19.1. The summed E-state index contributed by atoms with van der Waals surface area (Å²) >= 11 is 0. The van der Waals surface area contributed by atoms with E-state index in [-0.39, 0.29) is 18.2 Å². The predicted octanol–water partition coefficient (Wildman–Crippen LogP) is 2.18. The van der Waals surface area contributed by atoms with E-state index in [1.54, 1.807) is 0 Å². The normalized spacial score (nSPS) is 21.4. The number of hydrogen-bond donors (Lipinski definition) is 1. The molecule has 1 unspecified atom stereocenters. The van der Waals surface area contributed by atoms with E-state index in [4.69, 9.17) is 4.74 Å². The first-order chi connectivity index (χ1) is 13.2. The second-order valence-electron chi connectivity index (χ2n) is 7.32. The molecule has 0 saturated carbocycles. The number of para-hydroxylation sites is 1. The fraction of sp³-hybridized carbons (Fsp3) is 0.619. The van der Waals surface area contributed by atoms with Crippen LogP contribution >= 0.6 is 0 Å². The number of amides is 2. The lowest BCUT2D eigenvalue weighted by atomic mass is 10.1. The molecule has 0 bridgehead atoms. The van der Waals surface area contributed by atoms with E-state index < -0.39 is 6.04 Å². The maximum atomic E-state index is 12.8. The summed E-state index contributed by atoms with van der Waals surface area (Å²) in [4.78, 5) is 29.4. The number of carbonyl (C=O) groups excluding carboxylic acids is 2. The second-order valence-corrected chi connectivity index (χ2v) is 7.32. The fourth-order valence-electron chi connectivity index (χ4n) is 3.94. The molecular weight excluding hydrogens is 342 g/mol. The van der Waals surface area contributed by atoms with Crippen molar-refractivity contribution in [3.8, 4) is 5.75 Å². The third-order valence-electron chi connectivity index (χ3n) is 5.41. The summed E-state index contributed by atoms with van der Waals surface area (Å²) in [5, 5.41) is 2.93. The Morgan fingerprint density at radius 3 is 2.63 bits per heavy atom. The largest absolute Gasteiger partial charge is 0.494 e. The standard InChI is InChI=1S/C21H31N3O3/c1-2-27-19-10-6-5-9-17(19)16-24-14-11-22-21(26)18(24)15-20(25)23-12-7-3-4-8-13-23/h5-6,9-10,18H,2-4,7-8,11-16H2,1H3,(H,22,26). The van der Waals surface area contributed by atoms with Gasteiger partial charge in [-0.1, -0.05) is 31.0 Å². The van der Waals surface area contributed by atoms with Crippen molar-refractivity contribution in [1.29, 1.82) is 0 Å². The quantitative estimate of drug-likeness (QED) is 0.830. The van der Waals surface area contributed by atoms with E-state index in [2.05, 4.69) is 10.2 Å². The van der Waals surface area contributed by atoms with Gasteiger partial charge in [-0.3, -0.25) is 14.5 Å². The smallest absolute Gasteiger partial charge is 0.237 e. The van der Waals surface area contributed by atoms with E-state index in [0.717, 1.165) is 43.8 Å². The van der Waals surface area contributed by atoms with E-state index in [9.17, 15) is 9.59 Å².